The zero-order valence-corrected chi connectivity index (χ0v) is 17.4. The van der Waals surface area contributed by atoms with Crippen molar-refractivity contribution in [2.24, 2.45) is 0 Å². The minimum atomic E-state index is -3.57. The Balaban J connectivity index is 1.87. The van der Waals surface area contributed by atoms with Crippen molar-refractivity contribution in [1.29, 1.82) is 0 Å². The summed E-state index contributed by atoms with van der Waals surface area (Å²) in [4.78, 5) is 15.2. The van der Waals surface area contributed by atoms with E-state index in [1.807, 2.05) is 11.8 Å². The second-order valence-electron chi connectivity index (χ2n) is 7.76. The van der Waals surface area contributed by atoms with Crippen LogP contribution in [0, 0.1) is 0 Å². The number of piperidine rings is 2. The number of carbonyl (C=O) groups is 1. The SMILES string of the molecule is CCC1CCCCN1C(=O)c1cccc(S(=O)(=O)N2CCCCC2CC)c1. The maximum atomic E-state index is 13.2. The molecule has 2 aliphatic heterocycles. The Kier molecular flexibility index (Phi) is 6.58. The van der Waals surface area contributed by atoms with Gasteiger partial charge in [0, 0.05) is 30.7 Å². The van der Waals surface area contributed by atoms with Crippen LogP contribution in [0.2, 0.25) is 0 Å². The van der Waals surface area contributed by atoms with E-state index in [0.717, 1.165) is 57.9 Å². The molecule has 27 heavy (non-hydrogen) atoms. The molecule has 2 heterocycles. The van der Waals surface area contributed by atoms with Gasteiger partial charge in [-0.15, -0.1) is 0 Å². The third kappa shape index (κ3) is 4.21. The van der Waals surface area contributed by atoms with Crippen LogP contribution in [0.3, 0.4) is 0 Å². The molecule has 1 amide bonds. The smallest absolute Gasteiger partial charge is 0.254 e. The first-order valence-electron chi connectivity index (χ1n) is 10.4. The molecule has 0 radical (unpaired) electrons. The van der Waals surface area contributed by atoms with E-state index in [1.165, 1.54) is 0 Å². The summed E-state index contributed by atoms with van der Waals surface area (Å²) >= 11 is 0. The second-order valence-corrected chi connectivity index (χ2v) is 9.65. The number of rotatable bonds is 5. The molecule has 1 aromatic carbocycles. The molecule has 0 aliphatic carbocycles. The number of benzene rings is 1. The number of carbonyl (C=O) groups excluding carboxylic acids is 1. The summed E-state index contributed by atoms with van der Waals surface area (Å²) in [6.07, 6.45) is 7.87. The molecular formula is C21H32N2O3S. The number of hydrogen-bond acceptors (Lipinski definition) is 3. The molecule has 2 unspecified atom stereocenters. The lowest BCUT2D eigenvalue weighted by Crippen LogP contribution is -2.44. The lowest BCUT2D eigenvalue weighted by molar-refractivity contribution is 0.0608. The lowest BCUT2D eigenvalue weighted by atomic mass is 9.99. The molecule has 3 rings (SSSR count). The van der Waals surface area contributed by atoms with Crippen molar-refractivity contribution in [3.63, 3.8) is 0 Å². The minimum Gasteiger partial charge on any atom is -0.336 e. The standard InChI is InChI=1S/C21H32N2O3S/c1-3-18-11-5-7-14-22(18)21(24)17-10-9-13-20(16-17)27(25,26)23-15-8-6-12-19(23)4-2/h9-10,13,16,18-19H,3-8,11-12,14-15H2,1-2H3. The van der Waals surface area contributed by atoms with Gasteiger partial charge in [-0.1, -0.05) is 26.3 Å². The van der Waals surface area contributed by atoms with Gasteiger partial charge in [-0.2, -0.15) is 4.31 Å². The van der Waals surface area contributed by atoms with Gasteiger partial charge in [-0.05, 0) is 63.1 Å². The summed E-state index contributed by atoms with van der Waals surface area (Å²) in [6.45, 7) is 5.49. The van der Waals surface area contributed by atoms with E-state index >= 15 is 0 Å². The van der Waals surface area contributed by atoms with E-state index in [9.17, 15) is 13.2 Å². The Hall–Kier alpha value is -1.40. The molecule has 1 aromatic rings. The second kappa shape index (κ2) is 8.74. The fourth-order valence-electron chi connectivity index (χ4n) is 4.48. The molecular weight excluding hydrogens is 360 g/mol. The first-order valence-corrected chi connectivity index (χ1v) is 11.9. The maximum Gasteiger partial charge on any atom is 0.254 e. The van der Waals surface area contributed by atoms with Crippen molar-refractivity contribution < 1.29 is 13.2 Å². The summed E-state index contributed by atoms with van der Waals surface area (Å²) in [6, 6.07) is 6.99. The van der Waals surface area contributed by atoms with Crippen LogP contribution < -0.4 is 0 Å². The highest BCUT2D eigenvalue weighted by atomic mass is 32.2. The zero-order valence-electron chi connectivity index (χ0n) is 16.6. The number of nitrogens with zero attached hydrogens (tertiary/aromatic N) is 2. The van der Waals surface area contributed by atoms with Crippen molar-refractivity contribution in [2.75, 3.05) is 13.1 Å². The molecule has 0 saturated carbocycles. The predicted molar refractivity (Wildman–Crippen MR) is 107 cm³/mol. The molecule has 2 fully saturated rings. The summed E-state index contributed by atoms with van der Waals surface area (Å²) < 4.78 is 28.1. The summed E-state index contributed by atoms with van der Waals surface area (Å²) in [7, 11) is -3.57. The van der Waals surface area contributed by atoms with Gasteiger partial charge in [0.25, 0.3) is 5.91 Å². The fourth-order valence-corrected chi connectivity index (χ4v) is 6.30. The largest absolute Gasteiger partial charge is 0.336 e. The van der Waals surface area contributed by atoms with Gasteiger partial charge in [0.15, 0.2) is 0 Å². The molecule has 0 N–H and O–H groups in total. The summed E-state index contributed by atoms with van der Waals surface area (Å²) in [5, 5.41) is 0. The molecule has 5 nitrogen and oxygen atoms in total. The number of hydrogen-bond donors (Lipinski definition) is 0. The molecule has 2 atom stereocenters. The molecule has 150 valence electrons. The van der Waals surface area contributed by atoms with E-state index in [4.69, 9.17) is 0 Å². The molecule has 6 heteroatoms. The van der Waals surface area contributed by atoms with Gasteiger partial charge in [-0.3, -0.25) is 4.79 Å². The molecule has 2 saturated heterocycles. The van der Waals surface area contributed by atoms with E-state index in [0.29, 0.717) is 12.1 Å². The quantitative estimate of drug-likeness (QED) is 0.760. The minimum absolute atomic E-state index is 0.0377. The molecule has 0 spiro atoms. The highest BCUT2D eigenvalue weighted by molar-refractivity contribution is 7.89. The Labute approximate surface area is 163 Å². The van der Waals surface area contributed by atoms with Crippen molar-refractivity contribution in [1.82, 2.24) is 9.21 Å². The van der Waals surface area contributed by atoms with Gasteiger partial charge in [0.2, 0.25) is 10.0 Å². The van der Waals surface area contributed by atoms with Gasteiger partial charge in [0.1, 0.15) is 0 Å². The summed E-state index contributed by atoms with van der Waals surface area (Å²) in [5.41, 5.74) is 0.487. The third-order valence-corrected chi connectivity index (χ3v) is 8.04. The van der Waals surface area contributed by atoms with Gasteiger partial charge in [-0.25, -0.2) is 8.42 Å². The molecule has 0 bridgehead atoms. The van der Waals surface area contributed by atoms with Crippen LogP contribution in [0.15, 0.2) is 29.2 Å². The Morgan fingerprint density at radius 2 is 1.67 bits per heavy atom. The van der Waals surface area contributed by atoms with Crippen LogP contribution in [0.5, 0.6) is 0 Å². The van der Waals surface area contributed by atoms with Crippen LogP contribution in [0.4, 0.5) is 0 Å². The molecule has 0 aromatic heterocycles. The van der Waals surface area contributed by atoms with E-state index in [-0.39, 0.29) is 22.9 Å². The van der Waals surface area contributed by atoms with Gasteiger partial charge < -0.3 is 4.90 Å². The predicted octanol–water partition coefficient (Wildman–Crippen LogP) is 4.04. The van der Waals surface area contributed by atoms with Crippen molar-refractivity contribution in [2.45, 2.75) is 82.2 Å². The van der Waals surface area contributed by atoms with E-state index in [2.05, 4.69) is 6.92 Å². The normalized spacial score (nSPS) is 24.7. The Morgan fingerprint density at radius 3 is 2.37 bits per heavy atom. The van der Waals surface area contributed by atoms with Crippen LogP contribution in [-0.2, 0) is 10.0 Å². The van der Waals surface area contributed by atoms with Crippen LogP contribution >= 0.6 is 0 Å². The van der Waals surface area contributed by atoms with Crippen molar-refractivity contribution in [3.05, 3.63) is 29.8 Å². The van der Waals surface area contributed by atoms with Crippen LogP contribution in [0.1, 0.15) is 75.6 Å². The highest BCUT2D eigenvalue weighted by Crippen LogP contribution is 2.28. The van der Waals surface area contributed by atoms with E-state index in [1.54, 1.807) is 28.6 Å². The topological polar surface area (TPSA) is 57.7 Å². The average Bonchev–Trinajstić information content (AvgIpc) is 2.73. The third-order valence-electron chi connectivity index (χ3n) is 6.09. The van der Waals surface area contributed by atoms with Crippen LogP contribution in [0.25, 0.3) is 0 Å². The average molecular weight is 393 g/mol. The lowest BCUT2D eigenvalue weighted by Gasteiger charge is -2.36. The Bertz CT molecular complexity index is 762. The zero-order chi connectivity index (χ0) is 19.4. The maximum absolute atomic E-state index is 13.2. The Morgan fingerprint density at radius 1 is 1.00 bits per heavy atom. The van der Waals surface area contributed by atoms with Gasteiger partial charge >= 0.3 is 0 Å². The van der Waals surface area contributed by atoms with Crippen LogP contribution in [-0.4, -0.2) is 48.7 Å². The van der Waals surface area contributed by atoms with E-state index < -0.39 is 10.0 Å². The van der Waals surface area contributed by atoms with Crippen molar-refractivity contribution >= 4 is 15.9 Å². The fraction of sp³-hybridized carbons (Fsp3) is 0.667. The first kappa shape index (κ1) is 20.3. The number of sulfonamides is 1. The molecule has 2 aliphatic rings. The number of likely N-dealkylation sites (tertiary alicyclic amines) is 1. The summed E-state index contributed by atoms with van der Waals surface area (Å²) in [5.74, 6) is -0.0377. The highest BCUT2D eigenvalue weighted by Gasteiger charge is 2.33. The monoisotopic (exact) mass is 392 g/mol. The van der Waals surface area contributed by atoms with Crippen molar-refractivity contribution in [3.8, 4) is 0 Å². The first-order chi connectivity index (χ1) is 13.0. The van der Waals surface area contributed by atoms with Gasteiger partial charge in [0.05, 0.1) is 4.90 Å². The number of amides is 1.